The van der Waals surface area contributed by atoms with E-state index >= 15 is 0 Å². The molecule has 0 aliphatic rings. The van der Waals surface area contributed by atoms with Crippen molar-refractivity contribution in [2.75, 3.05) is 0 Å². The van der Waals surface area contributed by atoms with Crippen LogP contribution in [0.4, 0.5) is 0 Å². The Morgan fingerprint density at radius 1 is 0.929 bits per heavy atom. The SMILES string of the molecule is Cc1oc2cc(OCc3cccc(Cl)c3)ccc2c(=O)c1-c1ccc(Cl)cc1. The molecule has 3 nitrogen and oxygen atoms in total. The summed E-state index contributed by atoms with van der Waals surface area (Å²) < 4.78 is 11.8. The first-order valence-corrected chi connectivity index (χ1v) is 9.47. The standard InChI is InChI=1S/C23H16Cl2O3/c1-14-22(16-5-7-17(24)8-6-16)23(26)20-10-9-19(12-21(20)28-14)27-13-15-3-2-4-18(25)11-15/h2-12H,13H2,1H3. The van der Waals surface area contributed by atoms with E-state index in [0.29, 0.717) is 44.7 Å². The topological polar surface area (TPSA) is 39.4 Å². The van der Waals surface area contributed by atoms with Gasteiger partial charge in [0.2, 0.25) is 5.43 Å². The third-order valence-electron chi connectivity index (χ3n) is 4.47. The summed E-state index contributed by atoms with van der Waals surface area (Å²) in [6, 6.07) is 19.9. The molecule has 0 aliphatic heterocycles. The Labute approximate surface area is 172 Å². The average Bonchev–Trinajstić information content (AvgIpc) is 2.68. The molecule has 0 amide bonds. The summed E-state index contributed by atoms with van der Waals surface area (Å²) in [6.07, 6.45) is 0. The maximum Gasteiger partial charge on any atom is 0.200 e. The van der Waals surface area contributed by atoms with E-state index in [1.165, 1.54) is 0 Å². The van der Waals surface area contributed by atoms with Crippen LogP contribution in [0, 0.1) is 6.92 Å². The van der Waals surface area contributed by atoms with E-state index in [4.69, 9.17) is 32.4 Å². The first-order chi connectivity index (χ1) is 13.5. The molecule has 1 aromatic heterocycles. The van der Waals surface area contributed by atoms with Crippen molar-refractivity contribution in [3.8, 4) is 16.9 Å². The molecule has 0 radical (unpaired) electrons. The van der Waals surface area contributed by atoms with E-state index in [9.17, 15) is 4.79 Å². The lowest BCUT2D eigenvalue weighted by Gasteiger charge is -2.10. The van der Waals surface area contributed by atoms with Gasteiger partial charge in [0.1, 0.15) is 23.7 Å². The zero-order chi connectivity index (χ0) is 19.7. The number of aryl methyl sites for hydroxylation is 1. The molecular weight excluding hydrogens is 395 g/mol. The van der Waals surface area contributed by atoms with Gasteiger partial charge in [0.15, 0.2) is 0 Å². The molecule has 3 aromatic carbocycles. The molecule has 5 heteroatoms. The minimum atomic E-state index is -0.0811. The van der Waals surface area contributed by atoms with Gasteiger partial charge < -0.3 is 9.15 Å². The Balaban J connectivity index is 1.68. The van der Waals surface area contributed by atoms with Gasteiger partial charge in [-0.1, -0.05) is 47.5 Å². The molecule has 0 bridgehead atoms. The van der Waals surface area contributed by atoms with Crippen LogP contribution in [0.2, 0.25) is 10.0 Å². The number of fused-ring (bicyclic) bond motifs is 1. The van der Waals surface area contributed by atoms with Gasteiger partial charge in [0.25, 0.3) is 0 Å². The summed E-state index contributed by atoms with van der Waals surface area (Å²) in [4.78, 5) is 13.0. The predicted octanol–water partition coefficient (Wildman–Crippen LogP) is 6.65. The molecule has 0 spiro atoms. The van der Waals surface area contributed by atoms with Crippen LogP contribution in [-0.2, 0) is 6.61 Å². The van der Waals surface area contributed by atoms with Gasteiger partial charge in [-0.2, -0.15) is 0 Å². The van der Waals surface area contributed by atoms with Crippen LogP contribution in [0.3, 0.4) is 0 Å². The maximum absolute atomic E-state index is 13.0. The van der Waals surface area contributed by atoms with Gasteiger partial charge >= 0.3 is 0 Å². The predicted molar refractivity (Wildman–Crippen MR) is 113 cm³/mol. The fraction of sp³-hybridized carbons (Fsp3) is 0.0870. The van der Waals surface area contributed by atoms with Crippen LogP contribution in [0.15, 0.2) is 75.9 Å². The van der Waals surface area contributed by atoms with Crippen molar-refractivity contribution in [3.05, 3.63) is 98.3 Å². The number of benzene rings is 3. The first kappa shape index (κ1) is 18.6. The number of rotatable bonds is 4. The Morgan fingerprint density at radius 2 is 1.71 bits per heavy atom. The summed E-state index contributed by atoms with van der Waals surface area (Å²) in [6.45, 7) is 2.16. The van der Waals surface area contributed by atoms with E-state index in [1.54, 1.807) is 37.3 Å². The number of halogens is 2. The third kappa shape index (κ3) is 3.77. The minimum Gasteiger partial charge on any atom is -0.489 e. The second-order valence-electron chi connectivity index (χ2n) is 6.45. The van der Waals surface area contributed by atoms with Gasteiger partial charge in [0, 0.05) is 16.1 Å². The Kier molecular flexibility index (Phi) is 5.12. The molecule has 0 N–H and O–H groups in total. The molecule has 0 unspecified atom stereocenters. The van der Waals surface area contributed by atoms with Gasteiger partial charge in [-0.05, 0) is 54.4 Å². The highest BCUT2D eigenvalue weighted by molar-refractivity contribution is 6.30. The minimum absolute atomic E-state index is 0.0811. The summed E-state index contributed by atoms with van der Waals surface area (Å²) in [7, 11) is 0. The summed E-state index contributed by atoms with van der Waals surface area (Å²) in [5.74, 6) is 1.17. The highest BCUT2D eigenvalue weighted by Gasteiger charge is 2.14. The highest BCUT2D eigenvalue weighted by atomic mass is 35.5. The van der Waals surface area contributed by atoms with Crippen LogP contribution < -0.4 is 10.2 Å². The monoisotopic (exact) mass is 410 g/mol. The fourth-order valence-corrected chi connectivity index (χ4v) is 3.46. The lowest BCUT2D eigenvalue weighted by Crippen LogP contribution is -2.07. The largest absolute Gasteiger partial charge is 0.489 e. The molecule has 1 heterocycles. The summed E-state index contributed by atoms with van der Waals surface area (Å²) >= 11 is 12.0. The van der Waals surface area contributed by atoms with Crippen molar-refractivity contribution >= 4 is 34.2 Å². The smallest absolute Gasteiger partial charge is 0.200 e. The van der Waals surface area contributed by atoms with Crippen LogP contribution >= 0.6 is 23.2 Å². The molecule has 0 saturated carbocycles. The molecule has 4 aromatic rings. The van der Waals surface area contributed by atoms with Crippen molar-refractivity contribution in [1.82, 2.24) is 0 Å². The molecule has 140 valence electrons. The van der Waals surface area contributed by atoms with Crippen LogP contribution in [0.5, 0.6) is 5.75 Å². The maximum atomic E-state index is 13.0. The molecular formula is C23H16Cl2O3. The Morgan fingerprint density at radius 3 is 2.46 bits per heavy atom. The van der Waals surface area contributed by atoms with Crippen molar-refractivity contribution < 1.29 is 9.15 Å². The van der Waals surface area contributed by atoms with Crippen molar-refractivity contribution in [2.45, 2.75) is 13.5 Å². The summed E-state index contributed by atoms with van der Waals surface area (Å²) in [5, 5.41) is 1.79. The zero-order valence-corrected chi connectivity index (χ0v) is 16.6. The Hall–Kier alpha value is -2.75. The molecule has 0 atom stereocenters. The van der Waals surface area contributed by atoms with Gasteiger partial charge in [-0.15, -0.1) is 0 Å². The van der Waals surface area contributed by atoms with Gasteiger partial charge in [-0.3, -0.25) is 4.79 Å². The fourth-order valence-electron chi connectivity index (χ4n) is 3.12. The number of ether oxygens (including phenoxy) is 1. The highest BCUT2D eigenvalue weighted by Crippen LogP contribution is 2.27. The molecule has 0 saturated heterocycles. The van der Waals surface area contributed by atoms with Crippen LogP contribution in [0.25, 0.3) is 22.1 Å². The van der Waals surface area contributed by atoms with Crippen LogP contribution in [0.1, 0.15) is 11.3 Å². The quantitative estimate of drug-likeness (QED) is 0.377. The van der Waals surface area contributed by atoms with Gasteiger partial charge in [0.05, 0.1) is 10.9 Å². The second kappa shape index (κ2) is 7.70. The molecule has 4 rings (SSSR count). The van der Waals surface area contributed by atoms with Crippen molar-refractivity contribution in [1.29, 1.82) is 0 Å². The van der Waals surface area contributed by atoms with E-state index in [0.717, 1.165) is 11.1 Å². The third-order valence-corrected chi connectivity index (χ3v) is 4.95. The number of hydrogen-bond donors (Lipinski definition) is 0. The molecule has 28 heavy (non-hydrogen) atoms. The lowest BCUT2D eigenvalue weighted by molar-refractivity contribution is 0.306. The van der Waals surface area contributed by atoms with Crippen molar-refractivity contribution in [3.63, 3.8) is 0 Å². The Bertz CT molecular complexity index is 1210. The number of hydrogen-bond acceptors (Lipinski definition) is 3. The molecule has 0 aliphatic carbocycles. The van der Waals surface area contributed by atoms with Gasteiger partial charge in [-0.25, -0.2) is 0 Å². The van der Waals surface area contributed by atoms with E-state index in [1.807, 2.05) is 36.4 Å². The zero-order valence-electron chi connectivity index (χ0n) is 15.0. The average molecular weight is 411 g/mol. The molecule has 0 fully saturated rings. The summed E-state index contributed by atoms with van der Waals surface area (Å²) in [5.41, 5.74) is 2.69. The van der Waals surface area contributed by atoms with E-state index in [-0.39, 0.29) is 5.43 Å². The van der Waals surface area contributed by atoms with Crippen LogP contribution in [-0.4, -0.2) is 0 Å². The first-order valence-electron chi connectivity index (χ1n) is 8.72. The lowest BCUT2D eigenvalue weighted by atomic mass is 10.0. The second-order valence-corrected chi connectivity index (χ2v) is 7.32. The van der Waals surface area contributed by atoms with E-state index < -0.39 is 0 Å². The normalized spacial score (nSPS) is 11.0. The van der Waals surface area contributed by atoms with Crippen molar-refractivity contribution in [2.24, 2.45) is 0 Å². The van der Waals surface area contributed by atoms with E-state index in [2.05, 4.69) is 0 Å².